The molecular weight excluding hydrogens is 230 g/mol. The Kier molecular flexibility index (Phi) is 3.23. The molecule has 0 aliphatic carbocycles. The fraction of sp³-hybridized carbons (Fsp3) is 0.154. The van der Waals surface area contributed by atoms with Gasteiger partial charge in [-0.25, -0.2) is 4.98 Å². The quantitative estimate of drug-likeness (QED) is 0.846. The molecule has 5 heteroatoms. The lowest BCUT2D eigenvalue weighted by Gasteiger charge is -2.00. The van der Waals surface area contributed by atoms with Gasteiger partial charge in [-0.15, -0.1) is 0 Å². The topological polar surface area (TPSA) is 88.8 Å². The minimum absolute atomic E-state index is 0.164. The molecule has 3 N–H and O–H groups in total. The molecule has 0 aliphatic rings. The molecule has 0 radical (unpaired) electrons. The largest absolute Gasteiger partial charge is 0.369 e. The number of aromatic amines is 1. The van der Waals surface area contributed by atoms with Crippen molar-refractivity contribution < 1.29 is 4.79 Å². The zero-order chi connectivity index (χ0) is 13.1. The molecule has 0 spiro atoms. The number of rotatable bonds is 3. The summed E-state index contributed by atoms with van der Waals surface area (Å²) in [6.07, 6.45) is 3.60. The average molecular weight is 243 g/mol. The highest BCUT2D eigenvalue weighted by molar-refractivity contribution is 5.81. The summed E-state index contributed by atoms with van der Waals surface area (Å²) in [4.78, 5) is 29.2. The summed E-state index contributed by atoms with van der Waals surface area (Å²) in [5.74, 6) is 0.201. The van der Waals surface area contributed by atoms with Gasteiger partial charge in [0.1, 0.15) is 5.82 Å². The van der Waals surface area contributed by atoms with Crippen molar-refractivity contribution in [1.29, 1.82) is 0 Å². The summed E-state index contributed by atoms with van der Waals surface area (Å²) in [5, 5.41) is 0.529. The minimum atomic E-state index is -0.387. The molecule has 0 fully saturated rings. The van der Waals surface area contributed by atoms with Crippen LogP contribution in [0.3, 0.4) is 0 Å². The number of H-pyrrole nitrogens is 1. The van der Waals surface area contributed by atoms with Gasteiger partial charge in [-0.05, 0) is 24.6 Å². The lowest BCUT2D eigenvalue weighted by molar-refractivity contribution is -0.117. The molecular formula is C13H13N3O2. The number of nitrogens with two attached hydrogens (primary N) is 1. The highest BCUT2D eigenvalue weighted by Gasteiger charge is 2.01. The minimum Gasteiger partial charge on any atom is -0.369 e. The Labute approximate surface area is 103 Å². The van der Waals surface area contributed by atoms with Crippen LogP contribution in [0, 0.1) is 6.92 Å². The summed E-state index contributed by atoms with van der Waals surface area (Å²) in [5.41, 5.74) is 6.36. The molecule has 2 rings (SSSR count). The SMILES string of the molecule is Cc1nc2ccc(C=CCC(N)=O)cc2c(=O)[nH]1. The number of aromatic nitrogens is 2. The van der Waals surface area contributed by atoms with Crippen LogP contribution >= 0.6 is 0 Å². The van der Waals surface area contributed by atoms with E-state index in [-0.39, 0.29) is 17.9 Å². The maximum atomic E-state index is 11.7. The smallest absolute Gasteiger partial charge is 0.258 e. The van der Waals surface area contributed by atoms with E-state index in [0.717, 1.165) is 5.56 Å². The van der Waals surface area contributed by atoms with E-state index in [4.69, 9.17) is 5.73 Å². The Morgan fingerprint density at radius 2 is 2.28 bits per heavy atom. The maximum absolute atomic E-state index is 11.7. The summed E-state index contributed by atoms with van der Waals surface area (Å²) in [6, 6.07) is 5.35. The van der Waals surface area contributed by atoms with Gasteiger partial charge in [0.25, 0.3) is 5.56 Å². The summed E-state index contributed by atoms with van der Waals surface area (Å²) < 4.78 is 0. The molecule has 92 valence electrons. The number of carbonyl (C=O) groups excluding carboxylic acids is 1. The fourth-order valence-corrected chi connectivity index (χ4v) is 1.69. The third-order valence-electron chi connectivity index (χ3n) is 2.48. The second kappa shape index (κ2) is 4.83. The zero-order valence-corrected chi connectivity index (χ0v) is 9.93. The van der Waals surface area contributed by atoms with Crippen molar-refractivity contribution in [3.05, 3.63) is 46.0 Å². The second-order valence-electron chi connectivity index (χ2n) is 4.00. The predicted molar refractivity (Wildman–Crippen MR) is 69.9 cm³/mol. The summed E-state index contributed by atoms with van der Waals surface area (Å²) >= 11 is 0. The first-order valence-corrected chi connectivity index (χ1v) is 5.52. The molecule has 1 aromatic heterocycles. The van der Waals surface area contributed by atoms with E-state index in [0.29, 0.717) is 16.7 Å². The molecule has 5 nitrogen and oxygen atoms in total. The van der Waals surface area contributed by atoms with E-state index < -0.39 is 0 Å². The molecule has 0 saturated heterocycles. The molecule has 18 heavy (non-hydrogen) atoms. The standard InChI is InChI=1S/C13H13N3O2/c1-8-15-11-6-5-9(3-2-4-12(14)17)7-10(11)13(18)16-8/h2-3,5-7H,4H2,1H3,(H2,14,17)(H,15,16,18). The van der Waals surface area contributed by atoms with E-state index in [9.17, 15) is 9.59 Å². The van der Waals surface area contributed by atoms with Gasteiger partial charge in [0, 0.05) is 6.42 Å². The fourth-order valence-electron chi connectivity index (χ4n) is 1.69. The highest BCUT2D eigenvalue weighted by atomic mass is 16.1. The number of aryl methyl sites for hydroxylation is 1. The zero-order valence-electron chi connectivity index (χ0n) is 9.93. The Morgan fingerprint density at radius 1 is 1.50 bits per heavy atom. The Bertz CT molecular complexity index is 686. The van der Waals surface area contributed by atoms with Crippen molar-refractivity contribution in [3.63, 3.8) is 0 Å². The van der Waals surface area contributed by atoms with Crippen LogP contribution in [0.4, 0.5) is 0 Å². The second-order valence-corrected chi connectivity index (χ2v) is 4.00. The first-order valence-electron chi connectivity index (χ1n) is 5.52. The summed E-state index contributed by atoms with van der Waals surface area (Å²) in [7, 11) is 0. The number of primary amides is 1. The maximum Gasteiger partial charge on any atom is 0.258 e. The van der Waals surface area contributed by atoms with Crippen LogP contribution in [0.2, 0.25) is 0 Å². The van der Waals surface area contributed by atoms with Gasteiger partial charge in [0.2, 0.25) is 5.91 Å². The Hall–Kier alpha value is -2.43. The van der Waals surface area contributed by atoms with Crippen molar-refractivity contribution in [3.8, 4) is 0 Å². The third-order valence-corrected chi connectivity index (χ3v) is 2.48. The number of hydrogen-bond donors (Lipinski definition) is 2. The van der Waals surface area contributed by atoms with Gasteiger partial charge in [-0.2, -0.15) is 0 Å². The predicted octanol–water partition coefficient (Wildman–Crippen LogP) is 1.12. The molecule has 0 aliphatic heterocycles. The van der Waals surface area contributed by atoms with E-state index in [1.54, 1.807) is 31.2 Å². The van der Waals surface area contributed by atoms with Gasteiger partial charge in [-0.1, -0.05) is 18.2 Å². The number of fused-ring (bicyclic) bond motifs is 1. The lowest BCUT2D eigenvalue weighted by Crippen LogP contribution is -2.09. The van der Waals surface area contributed by atoms with Crippen LogP contribution in [0.1, 0.15) is 17.8 Å². The summed E-state index contributed by atoms with van der Waals surface area (Å²) in [6.45, 7) is 1.74. The molecule has 0 unspecified atom stereocenters. The van der Waals surface area contributed by atoms with Crippen molar-refractivity contribution >= 4 is 22.9 Å². The first-order chi connectivity index (χ1) is 8.56. The van der Waals surface area contributed by atoms with Crippen LogP contribution in [0.15, 0.2) is 29.1 Å². The van der Waals surface area contributed by atoms with Crippen LogP contribution in [-0.2, 0) is 4.79 Å². The molecule has 0 saturated carbocycles. The Balaban J connectivity index is 2.41. The number of benzene rings is 1. The third kappa shape index (κ3) is 2.63. The monoisotopic (exact) mass is 243 g/mol. The van der Waals surface area contributed by atoms with Crippen molar-refractivity contribution in [2.45, 2.75) is 13.3 Å². The van der Waals surface area contributed by atoms with E-state index in [1.165, 1.54) is 0 Å². The van der Waals surface area contributed by atoms with Crippen molar-refractivity contribution in [2.75, 3.05) is 0 Å². The number of carbonyl (C=O) groups is 1. The van der Waals surface area contributed by atoms with Crippen LogP contribution in [0.25, 0.3) is 17.0 Å². The van der Waals surface area contributed by atoms with Gasteiger partial charge in [-0.3, -0.25) is 9.59 Å². The number of hydrogen-bond acceptors (Lipinski definition) is 3. The number of amides is 1. The molecule has 1 amide bonds. The van der Waals surface area contributed by atoms with Crippen molar-refractivity contribution in [1.82, 2.24) is 9.97 Å². The van der Waals surface area contributed by atoms with Crippen LogP contribution in [0.5, 0.6) is 0 Å². The Morgan fingerprint density at radius 3 is 3.00 bits per heavy atom. The van der Waals surface area contributed by atoms with Gasteiger partial charge >= 0.3 is 0 Å². The van der Waals surface area contributed by atoms with E-state index >= 15 is 0 Å². The van der Waals surface area contributed by atoms with Gasteiger partial charge < -0.3 is 10.7 Å². The molecule has 0 bridgehead atoms. The normalized spacial score (nSPS) is 11.2. The molecule has 1 aromatic carbocycles. The molecule has 1 heterocycles. The van der Waals surface area contributed by atoms with Gasteiger partial charge in [0.15, 0.2) is 0 Å². The first kappa shape index (κ1) is 12.0. The van der Waals surface area contributed by atoms with Crippen molar-refractivity contribution in [2.24, 2.45) is 5.73 Å². The van der Waals surface area contributed by atoms with E-state index in [1.807, 2.05) is 6.07 Å². The van der Waals surface area contributed by atoms with Crippen LogP contribution < -0.4 is 11.3 Å². The average Bonchev–Trinajstić information content (AvgIpc) is 2.29. The molecule has 2 aromatic rings. The number of nitrogens with zero attached hydrogens (tertiary/aromatic N) is 1. The van der Waals surface area contributed by atoms with E-state index in [2.05, 4.69) is 9.97 Å². The number of nitrogens with one attached hydrogen (secondary N) is 1. The van der Waals surface area contributed by atoms with Crippen LogP contribution in [-0.4, -0.2) is 15.9 Å². The lowest BCUT2D eigenvalue weighted by atomic mass is 10.1. The van der Waals surface area contributed by atoms with Gasteiger partial charge in [0.05, 0.1) is 10.9 Å². The molecule has 0 atom stereocenters. The highest BCUT2D eigenvalue weighted by Crippen LogP contribution is 2.11.